The minimum Gasteiger partial charge on any atom is -0.468 e. The maximum Gasteiger partial charge on any atom is 0.407 e. The number of benzene rings is 2. The zero-order valence-electron chi connectivity index (χ0n) is 17.4. The molecular formula is C23H24F3NO4. The number of carbonyl (C=O) groups is 2. The van der Waals surface area contributed by atoms with Gasteiger partial charge in [0.2, 0.25) is 0 Å². The number of esters is 2. The van der Waals surface area contributed by atoms with Gasteiger partial charge in [-0.2, -0.15) is 13.2 Å². The van der Waals surface area contributed by atoms with Crippen molar-refractivity contribution in [3.63, 3.8) is 0 Å². The number of methoxy groups -OCH3 is 1. The first-order valence-corrected chi connectivity index (χ1v) is 9.87. The summed E-state index contributed by atoms with van der Waals surface area (Å²) in [6, 6.07) is 11.2. The second-order valence-corrected chi connectivity index (χ2v) is 7.49. The van der Waals surface area contributed by atoms with Crippen molar-refractivity contribution in [3.05, 3.63) is 71.3 Å². The van der Waals surface area contributed by atoms with Crippen LogP contribution in [0, 0.1) is 12.3 Å². The monoisotopic (exact) mass is 435 g/mol. The Kier molecular flexibility index (Phi) is 6.40. The van der Waals surface area contributed by atoms with Crippen molar-refractivity contribution in [2.24, 2.45) is 5.41 Å². The quantitative estimate of drug-likeness (QED) is 0.718. The lowest BCUT2D eigenvalue weighted by atomic mass is 9.66. The van der Waals surface area contributed by atoms with Crippen LogP contribution >= 0.6 is 0 Å². The summed E-state index contributed by atoms with van der Waals surface area (Å²) in [5.41, 5.74) is -1.91. The van der Waals surface area contributed by atoms with Crippen LogP contribution in [0.5, 0.6) is 0 Å². The van der Waals surface area contributed by atoms with Crippen LogP contribution in [0.15, 0.2) is 54.6 Å². The molecule has 0 amide bonds. The van der Waals surface area contributed by atoms with Crippen LogP contribution in [0.2, 0.25) is 0 Å². The predicted octanol–water partition coefficient (Wildman–Crippen LogP) is 4.08. The SMILES string of the molecule is CCOC(=O)[C@@]1(C(F)(F)F)[C@H](c2ccccc2)[C@@H](C(=O)OC)N[C@H]1c1cccc(C)c1. The number of carbonyl (C=O) groups excluding carboxylic acids is 2. The lowest BCUT2D eigenvalue weighted by Gasteiger charge is -2.39. The third kappa shape index (κ3) is 3.80. The Balaban J connectivity index is 2.36. The minimum atomic E-state index is -5.04. The molecule has 1 aliphatic heterocycles. The lowest BCUT2D eigenvalue weighted by Crippen LogP contribution is -2.53. The number of hydrogen-bond donors (Lipinski definition) is 1. The van der Waals surface area contributed by atoms with Gasteiger partial charge in [-0.15, -0.1) is 0 Å². The van der Waals surface area contributed by atoms with Gasteiger partial charge in [-0.3, -0.25) is 14.9 Å². The molecule has 0 saturated carbocycles. The van der Waals surface area contributed by atoms with Crippen molar-refractivity contribution in [2.45, 2.75) is 38.0 Å². The van der Waals surface area contributed by atoms with Gasteiger partial charge in [0.15, 0.2) is 5.41 Å². The first kappa shape index (κ1) is 22.8. The maximum absolute atomic E-state index is 15.0. The zero-order chi connectivity index (χ0) is 22.8. The molecule has 4 atom stereocenters. The first-order valence-electron chi connectivity index (χ1n) is 9.87. The van der Waals surface area contributed by atoms with Gasteiger partial charge in [-0.05, 0) is 25.0 Å². The van der Waals surface area contributed by atoms with Crippen LogP contribution in [0.25, 0.3) is 0 Å². The fourth-order valence-electron chi connectivity index (χ4n) is 4.46. The average Bonchev–Trinajstić information content (AvgIpc) is 3.11. The van der Waals surface area contributed by atoms with Crippen molar-refractivity contribution in [1.29, 1.82) is 0 Å². The van der Waals surface area contributed by atoms with Gasteiger partial charge < -0.3 is 9.47 Å². The summed E-state index contributed by atoms with van der Waals surface area (Å²) in [6.07, 6.45) is -5.04. The second-order valence-electron chi connectivity index (χ2n) is 7.49. The van der Waals surface area contributed by atoms with Gasteiger partial charge in [0.1, 0.15) is 6.04 Å². The fourth-order valence-corrected chi connectivity index (χ4v) is 4.46. The molecule has 31 heavy (non-hydrogen) atoms. The van der Waals surface area contributed by atoms with E-state index in [4.69, 9.17) is 9.47 Å². The number of alkyl halides is 3. The maximum atomic E-state index is 15.0. The summed E-state index contributed by atoms with van der Waals surface area (Å²) in [4.78, 5) is 25.8. The summed E-state index contributed by atoms with van der Waals surface area (Å²) >= 11 is 0. The van der Waals surface area contributed by atoms with E-state index in [1.807, 2.05) is 0 Å². The van der Waals surface area contributed by atoms with Crippen LogP contribution in [0.4, 0.5) is 13.2 Å². The largest absolute Gasteiger partial charge is 0.468 e. The second kappa shape index (κ2) is 8.70. The van der Waals surface area contributed by atoms with E-state index >= 15 is 13.2 Å². The molecule has 1 fully saturated rings. The average molecular weight is 435 g/mol. The number of ether oxygens (including phenoxy) is 2. The molecule has 0 unspecified atom stereocenters. The summed E-state index contributed by atoms with van der Waals surface area (Å²) in [5, 5.41) is 2.78. The Morgan fingerprint density at radius 1 is 1.06 bits per heavy atom. The third-order valence-corrected chi connectivity index (χ3v) is 5.70. The molecule has 0 radical (unpaired) electrons. The summed E-state index contributed by atoms with van der Waals surface area (Å²) < 4.78 is 54.8. The van der Waals surface area contributed by atoms with Gasteiger partial charge in [-0.1, -0.05) is 60.2 Å². The van der Waals surface area contributed by atoms with Gasteiger partial charge in [0.25, 0.3) is 0 Å². The Bertz CT molecular complexity index is 947. The third-order valence-electron chi connectivity index (χ3n) is 5.70. The molecule has 0 aromatic heterocycles. The molecule has 2 aromatic rings. The van der Waals surface area contributed by atoms with E-state index in [-0.39, 0.29) is 17.7 Å². The summed E-state index contributed by atoms with van der Waals surface area (Å²) in [5.74, 6) is -3.91. The number of aryl methyl sites for hydroxylation is 1. The van der Waals surface area contributed by atoms with E-state index in [0.717, 1.165) is 12.7 Å². The van der Waals surface area contributed by atoms with Crippen molar-refractivity contribution in [3.8, 4) is 0 Å². The van der Waals surface area contributed by atoms with E-state index in [9.17, 15) is 9.59 Å². The molecule has 1 heterocycles. The van der Waals surface area contributed by atoms with Crippen molar-refractivity contribution in [1.82, 2.24) is 5.32 Å². The standard InChI is InChI=1S/C23H24F3NO4/c1-4-31-21(29)22(23(24,25)26)17(15-10-6-5-7-11-15)18(20(28)30-3)27-19(22)16-12-8-9-14(2)13-16/h5-13,17-19,27H,4H2,1-3H3/t17-,18+,19+,22-/m1/s1. The highest BCUT2D eigenvalue weighted by atomic mass is 19.4. The van der Waals surface area contributed by atoms with Crippen LogP contribution in [-0.2, 0) is 19.1 Å². The van der Waals surface area contributed by atoms with E-state index in [0.29, 0.717) is 0 Å². The molecule has 1 N–H and O–H groups in total. The number of nitrogens with one attached hydrogen (secondary N) is 1. The number of halogens is 3. The molecule has 0 spiro atoms. The fraction of sp³-hybridized carbons (Fsp3) is 0.391. The van der Waals surface area contributed by atoms with E-state index in [1.165, 1.54) is 25.1 Å². The van der Waals surface area contributed by atoms with Crippen LogP contribution in [-0.4, -0.2) is 37.9 Å². The predicted molar refractivity (Wildman–Crippen MR) is 107 cm³/mol. The van der Waals surface area contributed by atoms with Crippen molar-refractivity contribution < 1.29 is 32.2 Å². The van der Waals surface area contributed by atoms with Gasteiger partial charge in [0, 0.05) is 5.92 Å². The first-order chi connectivity index (χ1) is 14.7. The highest BCUT2D eigenvalue weighted by molar-refractivity contribution is 5.87. The molecule has 5 nitrogen and oxygen atoms in total. The lowest BCUT2D eigenvalue weighted by molar-refractivity contribution is -0.242. The molecule has 1 aliphatic rings. The Morgan fingerprint density at radius 2 is 1.71 bits per heavy atom. The molecule has 166 valence electrons. The molecule has 2 aromatic carbocycles. The Morgan fingerprint density at radius 3 is 2.26 bits per heavy atom. The molecule has 1 saturated heterocycles. The molecule has 3 rings (SSSR count). The van der Waals surface area contributed by atoms with Crippen LogP contribution in [0.3, 0.4) is 0 Å². The van der Waals surface area contributed by atoms with Crippen molar-refractivity contribution in [2.75, 3.05) is 13.7 Å². The summed E-state index contributed by atoms with van der Waals surface area (Å²) in [6.45, 7) is 2.95. The molecule has 8 heteroatoms. The smallest absolute Gasteiger partial charge is 0.407 e. The van der Waals surface area contributed by atoms with Gasteiger partial charge >= 0.3 is 18.1 Å². The number of rotatable bonds is 5. The molecule has 0 bridgehead atoms. The number of hydrogen-bond acceptors (Lipinski definition) is 5. The normalized spacial score (nSPS) is 25.8. The van der Waals surface area contributed by atoms with Gasteiger partial charge in [-0.25, -0.2) is 0 Å². The minimum absolute atomic E-state index is 0.186. The van der Waals surface area contributed by atoms with E-state index < -0.39 is 41.5 Å². The zero-order valence-corrected chi connectivity index (χ0v) is 17.4. The van der Waals surface area contributed by atoms with Crippen LogP contribution in [0.1, 0.15) is 35.6 Å². The Labute approximate surface area is 178 Å². The van der Waals surface area contributed by atoms with E-state index in [1.54, 1.807) is 43.3 Å². The van der Waals surface area contributed by atoms with E-state index in [2.05, 4.69) is 5.32 Å². The van der Waals surface area contributed by atoms with Crippen molar-refractivity contribution >= 4 is 11.9 Å². The van der Waals surface area contributed by atoms with Crippen LogP contribution < -0.4 is 5.32 Å². The highest BCUT2D eigenvalue weighted by Gasteiger charge is 2.76. The summed E-state index contributed by atoms with van der Waals surface area (Å²) in [7, 11) is 1.10. The molecule has 0 aliphatic carbocycles. The molecular weight excluding hydrogens is 411 g/mol. The highest BCUT2D eigenvalue weighted by Crippen LogP contribution is 2.61. The topological polar surface area (TPSA) is 64.6 Å². The van der Waals surface area contributed by atoms with Gasteiger partial charge in [0.05, 0.1) is 19.8 Å². The Hall–Kier alpha value is -2.87.